The summed E-state index contributed by atoms with van der Waals surface area (Å²) in [6, 6.07) is 8.06. The van der Waals surface area contributed by atoms with Gasteiger partial charge in [0.1, 0.15) is 0 Å². The third kappa shape index (κ3) is 6.74. The molecule has 5 heteroatoms. The molecule has 0 atom stereocenters. The van der Waals surface area contributed by atoms with Crippen molar-refractivity contribution in [2.45, 2.75) is 26.5 Å². The normalized spacial score (nSPS) is 9.75. The van der Waals surface area contributed by atoms with Crippen LogP contribution in [0, 0.1) is 13.0 Å². The van der Waals surface area contributed by atoms with Crippen molar-refractivity contribution in [1.29, 1.82) is 0 Å². The number of rotatable bonds is 3. The molecule has 0 unspecified atom stereocenters. The van der Waals surface area contributed by atoms with Gasteiger partial charge in [-0.05, 0) is 0 Å². The van der Waals surface area contributed by atoms with E-state index in [9.17, 15) is 8.42 Å². The Hall–Kier alpha value is 0.234. The van der Waals surface area contributed by atoms with E-state index in [1.807, 2.05) is 26.8 Å². The summed E-state index contributed by atoms with van der Waals surface area (Å²) in [5.41, 5.74) is 1.66. The summed E-state index contributed by atoms with van der Waals surface area (Å²) in [6.07, 6.45) is 0. The van der Waals surface area contributed by atoms with Crippen LogP contribution in [0.4, 0.5) is 0 Å². The van der Waals surface area contributed by atoms with Gasteiger partial charge in [0.15, 0.2) is 0 Å². The number of benzene rings is 1. The molecule has 89 valence electrons. The van der Waals surface area contributed by atoms with Crippen LogP contribution in [0.5, 0.6) is 0 Å². The first-order valence-electron chi connectivity index (χ1n) is 4.79. The first kappa shape index (κ1) is 18.6. The fraction of sp³-hybridized carbons (Fsp3) is 0.455. The van der Waals surface area contributed by atoms with Crippen molar-refractivity contribution in [3.63, 3.8) is 0 Å². The molecule has 1 aromatic carbocycles. The molecule has 0 saturated carbocycles. The van der Waals surface area contributed by atoms with E-state index in [-0.39, 0.29) is 38.5 Å². The van der Waals surface area contributed by atoms with Gasteiger partial charge in [-0.3, -0.25) is 4.18 Å². The first-order chi connectivity index (χ1) is 7.05. The maximum absolute atomic E-state index is 11.1. The van der Waals surface area contributed by atoms with Crippen LogP contribution in [0.3, 0.4) is 0 Å². The van der Waals surface area contributed by atoms with E-state index in [2.05, 4.69) is 10.2 Å². The van der Waals surface area contributed by atoms with Crippen LogP contribution in [0.25, 0.3) is 0 Å². The quantitative estimate of drug-likeness (QED) is 0.634. The Balaban J connectivity index is 0. The third-order valence-corrected chi connectivity index (χ3v) is 2.95. The van der Waals surface area contributed by atoms with E-state index < -0.39 is 10.1 Å². The molecule has 1 rings (SSSR count). The van der Waals surface area contributed by atoms with Gasteiger partial charge in [0, 0.05) is 32.7 Å². The Kier molecular flexibility index (Phi) is 10.8. The minimum atomic E-state index is -3.42. The van der Waals surface area contributed by atoms with Gasteiger partial charge in [-0.1, -0.05) is 20.8 Å². The summed E-state index contributed by atoms with van der Waals surface area (Å²) in [4.78, 5) is 0. The third-order valence-electron chi connectivity index (χ3n) is 1.78. The standard InChI is InChI=1S/C9H11O3S.C2H6.Y/c1-8-5-3-4-6-9(8)7-13(10,11)12-2;1-2;/h3,5-6H,7H2,1-2H3;1-2H3;/q-1;;. The molecule has 1 aromatic rings. The van der Waals surface area contributed by atoms with Gasteiger partial charge in [0.25, 0.3) is 10.1 Å². The zero-order chi connectivity index (χ0) is 11.9. The van der Waals surface area contributed by atoms with Gasteiger partial charge in [-0.25, -0.2) is 8.42 Å². The van der Waals surface area contributed by atoms with Crippen LogP contribution in [0.2, 0.25) is 0 Å². The van der Waals surface area contributed by atoms with Crippen molar-refractivity contribution in [1.82, 2.24) is 0 Å². The van der Waals surface area contributed by atoms with E-state index >= 15 is 0 Å². The number of hydrogen-bond donors (Lipinski definition) is 0. The molecule has 0 saturated heterocycles. The van der Waals surface area contributed by atoms with Crippen LogP contribution in [0.1, 0.15) is 25.0 Å². The van der Waals surface area contributed by atoms with Crippen LogP contribution in [0.15, 0.2) is 18.2 Å². The molecule has 1 radical (unpaired) electrons. The van der Waals surface area contributed by atoms with E-state index in [1.165, 1.54) is 0 Å². The number of aryl methyl sites for hydroxylation is 1. The molecular weight excluding hydrogens is 301 g/mol. The summed E-state index contributed by atoms with van der Waals surface area (Å²) < 4.78 is 26.5. The summed E-state index contributed by atoms with van der Waals surface area (Å²) in [5.74, 6) is -0.0906. The summed E-state index contributed by atoms with van der Waals surface area (Å²) in [7, 11) is -2.25. The van der Waals surface area contributed by atoms with Gasteiger partial charge in [0.05, 0.1) is 12.9 Å². The van der Waals surface area contributed by atoms with Gasteiger partial charge in [-0.15, -0.1) is 5.56 Å². The van der Waals surface area contributed by atoms with Crippen molar-refractivity contribution in [3.05, 3.63) is 35.4 Å². The minimum Gasteiger partial charge on any atom is -0.274 e. The predicted molar refractivity (Wildman–Crippen MR) is 61.0 cm³/mol. The smallest absolute Gasteiger partial charge is 0.260 e. The number of hydrogen-bond acceptors (Lipinski definition) is 3. The molecule has 0 fully saturated rings. The first-order valence-corrected chi connectivity index (χ1v) is 6.37. The molecular formula is C11H17O3SY-. The topological polar surface area (TPSA) is 43.4 Å². The fourth-order valence-electron chi connectivity index (χ4n) is 0.948. The fourth-order valence-corrected chi connectivity index (χ4v) is 1.76. The van der Waals surface area contributed by atoms with Crippen molar-refractivity contribution in [2.24, 2.45) is 0 Å². The molecule has 0 aliphatic rings. The maximum Gasteiger partial charge on any atom is 0.260 e. The molecule has 0 aliphatic carbocycles. The second-order valence-corrected chi connectivity index (χ2v) is 4.46. The van der Waals surface area contributed by atoms with E-state index in [0.717, 1.165) is 18.2 Å². The van der Waals surface area contributed by atoms with Crippen molar-refractivity contribution >= 4 is 10.1 Å². The average molecular weight is 318 g/mol. The average Bonchev–Trinajstić information content (AvgIpc) is 2.24. The molecule has 0 heterocycles. The van der Waals surface area contributed by atoms with Crippen LogP contribution in [-0.2, 0) is 52.8 Å². The summed E-state index contributed by atoms with van der Waals surface area (Å²) >= 11 is 0. The van der Waals surface area contributed by atoms with Crippen LogP contribution < -0.4 is 0 Å². The molecule has 0 spiro atoms. The molecule has 16 heavy (non-hydrogen) atoms. The van der Waals surface area contributed by atoms with E-state index in [0.29, 0.717) is 0 Å². The monoisotopic (exact) mass is 318 g/mol. The van der Waals surface area contributed by atoms with Gasteiger partial charge >= 0.3 is 0 Å². The molecule has 3 nitrogen and oxygen atoms in total. The Labute approximate surface area is 124 Å². The van der Waals surface area contributed by atoms with E-state index in [4.69, 9.17) is 0 Å². The Morgan fingerprint density at radius 3 is 2.38 bits per heavy atom. The summed E-state index contributed by atoms with van der Waals surface area (Å²) in [6.45, 7) is 5.86. The molecule has 0 amide bonds. The van der Waals surface area contributed by atoms with E-state index in [1.54, 1.807) is 12.1 Å². The molecule has 0 bridgehead atoms. The molecule has 0 aliphatic heterocycles. The van der Waals surface area contributed by atoms with Crippen LogP contribution >= 0.6 is 0 Å². The zero-order valence-corrected chi connectivity index (χ0v) is 13.8. The summed E-state index contributed by atoms with van der Waals surface area (Å²) in [5, 5.41) is 0. The van der Waals surface area contributed by atoms with Crippen molar-refractivity contribution in [2.75, 3.05) is 7.11 Å². The molecule has 0 N–H and O–H groups in total. The Morgan fingerprint density at radius 2 is 1.94 bits per heavy atom. The predicted octanol–water partition coefficient (Wildman–Crippen LogP) is 2.30. The van der Waals surface area contributed by atoms with Crippen LogP contribution in [-0.4, -0.2) is 15.5 Å². The van der Waals surface area contributed by atoms with Crippen molar-refractivity contribution in [3.8, 4) is 0 Å². The minimum absolute atomic E-state index is 0. The molecule has 0 aromatic heterocycles. The Morgan fingerprint density at radius 1 is 1.38 bits per heavy atom. The van der Waals surface area contributed by atoms with Crippen molar-refractivity contribution < 1.29 is 45.3 Å². The largest absolute Gasteiger partial charge is 0.274 e. The van der Waals surface area contributed by atoms with Gasteiger partial charge < -0.3 is 0 Å². The van der Waals surface area contributed by atoms with Gasteiger partial charge in [-0.2, -0.15) is 29.8 Å². The Bertz CT molecular complexity index is 388. The van der Waals surface area contributed by atoms with Gasteiger partial charge in [0.2, 0.25) is 0 Å². The second-order valence-electron chi connectivity index (χ2n) is 2.72. The SMILES string of the molecule is CC.COS(=O)(=O)Cc1c[c-]ccc1C.[Y]. The maximum atomic E-state index is 11.1. The second kappa shape index (κ2) is 9.28. The zero-order valence-electron chi connectivity index (χ0n) is 10.1.